The molecule has 0 N–H and O–H groups in total. The van der Waals surface area contributed by atoms with Crippen LogP contribution in [0.4, 0.5) is 34.1 Å². The summed E-state index contributed by atoms with van der Waals surface area (Å²) in [7, 11) is 0. The van der Waals surface area contributed by atoms with E-state index in [0.29, 0.717) is 0 Å². The Morgan fingerprint density at radius 1 is 0.212 bits per heavy atom. The molecule has 8 aromatic carbocycles. The van der Waals surface area contributed by atoms with E-state index < -0.39 is 0 Å². The molecule has 2 heteroatoms. The lowest BCUT2D eigenvalue weighted by atomic mass is 10.0. The van der Waals surface area contributed by atoms with Crippen LogP contribution in [-0.2, 0) is 0 Å². The summed E-state index contributed by atoms with van der Waals surface area (Å²) >= 11 is 0. The minimum Gasteiger partial charge on any atom is -0.311 e. The molecule has 0 saturated carbocycles. The van der Waals surface area contributed by atoms with Crippen molar-refractivity contribution >= 4 is 34.1 Å². The van der Waals surface area contributed by atoms with Gasteiger partial charge in [0.15, 0.2) is 0 Å². The zero-order chi connectivity index (χ0) is 35.3. The monoisotopic (exact) mass is 668 g/mol. The third-order valence-electron chi connectivity index (χ3n) is 9.63. The molecule has 0 spiro atoms. The highest BCUT2D eigenvalue weighted by Crippen LogP contribution is 2.39. The van der Waals surface area contributed by atoms with Crippen LogP contribution in [-0.4, -0.2) is 0 Å². The molecule has 0 aliphatic rings. The molecule has 250 valence electrons. The van der Waals surface area contributed by atoms with Gasteiger partial charge in [-0.3, -0.25) is 0 Å². The Labute approximate surface area is 307 Å². The second kappa shape index (κ2) is 14.7. The average molecular weight is 669 g/mol. The molecule has 0 aliphatic heterocycles. The smallest absolute Gasteiger partial charge is 0.0462 e. The van der Waals surface area contributed by atoms with Gasteiger partial charge in [-0.1, -0.05) is 145 Å². The summed E-state index contributed by atoms with van der Waals surface area (Å²) in [4.78, 5) is 4.63. The number of nitrogens with zero attached hydrogens (tertiary/aromatic N) is 2. The van der Waals surface area contributed by atoms with Gasteiger partial charge in [-0.15, -0.1) is 0 Å². The van der Waals surface area contributed by atoms with Gasteiger partial charge < -0.3 is 9.80 Å². The number of hydrogen-bond donors (Lipinski definition) is 0. The van der Waals surface area contributed by atoms with Crippen LogP contribution in [0.15, 0.2) is 206 Å². The van der Waals surface area contributed by atoms with Crippen molar-refractivity contribution in [1.29, 1.82) is 0 Å². The van der Waals surface area contributed by atoms with Gasteiger partial charge in [-0.05, 0) is 120 Å². The maximum absolute atomic E-state index is 2.34. The molecule has 0 radical (unpaired) electrons. The predicted molar refractivity (Wildman–Crippen MR) is 222 cm³/mol. The second-order valence-electron chi connectivity index (χ2n) is 13.3. The zero-order valence-electron chi connectivity index (χ0n) is 29.5. The molecule has 0 amide bonds. The van der Waals surface area contributed by atoms with Crippen LogP contribution in [0.1, 0.15) is 11.1 Å². The third kappa shape index (κ3) is 7.01. The van der Waals surface area contributed by atoms with Crippen molar-refractivity contribution in [2.45, 2.75) is 13.8 Å². The van der Waals surface area contributed by atoms with Gasteiger partial charge in [0.25, 0.3) is 0 Å². The maximum atomic E-state index is 2.34. The fourth-order valence-corrected chi connectivity index (χ4v) is 6.75. The van der Waals surface area contributed by atoms with Gasteiger partial charge in [0.05, 0.1) is 0 Å². The Bertz CT molecular complexity index is 2220. The van der Waals surface area contributed by atoms with Crippen LogP contribution < -0.4 is 9.80 Å². The highest BCUT2D eigenvalue weighted by Gasteiger charge is 2.15. The first-order valence-corrected chi connectivity index (χ1v) is 17.8. The highest BCUT2D eigenvalue weighted by molar-refractivity contribution is 5.82. The fraction of sp³-hybridized carbons (Fsp3) is 0.0400. The molecule has 52 heavy (non-hydrogen) atoms. The van der Waals surface area contributed by atoms with E-state index in [1.807, 2.05) is 0 Å². The summed E-state index contributed by atoms with van der Waals surface area (Å²) in [6, 6.07) is 74.0. The number of aryl methyl sites for hydroxylation is 2. The molecular formula is C50H40N2. The number of hydrogen-bond acceptors (Lipinski definition) is 2. The minimum atomic E-state index is 1.10. The lowest BCUT2D eigenvalue weighted by molar-refractivity contribution is 1.28. The maximum Gasteiger partial charge on any atom is 0.0462 e. The van der Waals surface area contributed by atoms with E-state index in [0.717, 1.165) is 34.1 Å². The van der Waals surface area contributed by atoms with Crippen LogP contribution in [0.2, 0.25) is 0 Å². The zero-order valence-corrected chi connectivity index (χ0v) is 29.5. The number of para-hydroxylation sites is 2. The van der Waals surface area contributed by atoms with E-state index in [-0.39, 0.29) is 0 Å². The molecule has 2 nitrogen and oxygen atoms in total. The van der Waals surface area contributed by atoms with Crippen molar-refractivity contribution in [3.8, 4) is 33.4 Å². The van der Waals surface area contributed by atoms with Crippen LogP contribution in [0.25, 0.3) is 33.4 Å². The van der Waals surface area contributed by atoms with Gasteiger partial charge in [0.1, 0.15) is 0 Å². The van der Waals surface area contributed by atoms with Crippen LogP contribution in [0.3, 0.4) is 0 Å². The Hall–Kier alpha value is -6.64. The number of rotatable bonds is 9. The van der Waals surface area contributed by atoms with E-state index in [4.69, 9.17) is 0 Å². The quantitative estimate of drug-likeness (QED) is 0.151. The second-order valence-corrected chi connectivity index (χ2v) is 13.3. The Morgan fingerprint density at radius 2 is 0.404 bits per heavy atom. The summed E-state index contributed by atoms with van der Waals surface area (Å²) < 4.78 is 0. The van der Waals surface area contributed by atoms with Crippen LogP contribution in [0.5, 0.6) is 0 Å². The lowest BCUT2D eigenvalue weighted by Gasteiger charge is -2.26. The van der Waals surface area contributed by atoms with Crippen LogP contribution in [0, 0.1) is 13.8 Å². The Balaban J connectivity index is 1.11. The van der Waals surface area contributed by atoms with Crippen molar-refractivity contribution in [3.63, 3.8) is 0 Å². The van der Waals surface area contributed by atoms with Gasteiger partial charge >= 0.3 is 0 Å². The van der Waals surface area contributed by atoms with E-state index >= 15 is 0 Å². The van der Waals surface area contributed by atoms with E-state index in [2.05, 4.69) is 230 Å². The summed E-state index contributed by atoms with van der Waals surface area (Å²) in [6.45, 7) is 4.25. The first-order valence-electron chi connectivity index (χ1n) is 17.8. The molecule has 8 rings (SSSR count). The molecular weight excluding hydrogens is 629 g/mol. The molecule has 0 atom stereocenters. The van der Waals surface area contributed by atoms with Crippen molar-refractivity contribution < 1.29 is 0 Å². The Kier molecular flexibility index (Phi) is 9.19. The fourth-order valence-electron chi connectivity index (χ4n) is 6.75. The van der Waals surface area contributed by atoms with E-state index in [9.17, 15) is 0 Å². The molecule has 0 aromatic heterocycles. The van der Waals surface area contributed by atoms with Crippen molar-refractivity contribution in [2.75, 3.05) is 9.80 Å². The third-order valence-corrected chi connectivity index (χ3v) is 9.63. The summed E-state index contributed by atoms with van der Waals surface area (Å²) in [5, 5.41) is 0. The minimum absolute atomic E-state index is 1.10. The van der Waals surface area contributed by atoms with Gasteiger partial charge in [-0.25, -0.2) is 0 Å². The van der Waals surface area contributed by atoms with E-state index in [1.54, 1.807) is 0 Å². The largest absolute Gasteiger partial charge is 0.311 e. The molecule has 8 aromatic rings. The number of benzene rings is 8. The van der Waals surface area contributed by atoms with Gasteiger partial charge in [0.2, 0.25) is 0 Å². The molecule has 0 fully saturated rings. The first kappa shape index (κ1) is 32.6. The van der Waals surface area contributed by atoms with Crippen molar-refractivity contribution in [1.82, 2.24) is 0 Å². The molecule has 0 aliphatic carbocycles. The summed E-state index contributed by atoms with van der Waals surface area (Å²) in [5.74, 6) is 0. The van der Waals surface area contributed by atoms with Gasteiger partial charge in [0, 0.05) is 34.1 Å². The lowest BCUT2D eigenvalue weighted by Crippen LogP contribution is -2.10. The molecule has 0 saturated heterocycles. The first-order chi connectivity index (χ1) is 25.6. The van der Waals surface area contributed by atoms with Crippen molar-refractivity contribution in [2.24, 2.45) is 0 Å². The molecule has 0 heterocycles. The predicted octanol–water partition coefficient (Wildman–Crippen LogP) is 14.2. The Morgan fingerprint density at radius 3 is 0.635 bits per heavy atom. The molecule has 0 unspecified atom stereocenters. The normalized spacial score (nSPS) is 10.9. The van der Waals surface area contributed by atoms with Crippen LogP contribution >= 0.6 is 0 Å². The SMILES string of the molecule is Cc1ccc(-c2ccc(N(c3ccc(-c4ccc(C)cc4)cc3)c3ccc(-c4ccc(N(c5ccccc5)c5ccccc5)cc4)cc3)cc2)cc1. The number of anilines is 6. The standard InChI is InChI=1S/C50H40N2/c1-37-13-17-39(18-14-37)41-21-31-48(32-22-41)52(49-33-23-42(24-34-49)40-19-15-38(2)16-20-40)50-35-27-44(28-36-50)43-25-29-47(30-26-43)51(45-9-5-3-6-10-45)46-11-7-4-8-12-46/h3-36H,1-2H3. The average Bonchev–Trinajstić information content (AvgIpc) is 3.21. The summed E-state index contributed by atoms with van der Waals surface area (Å²) in [5.41, 5.74) is 16.4. The topological polar surface area (TPSA) is 6.48 Å². The summed E-state index contributed by atoms with van der Waals surface area (Å²) in [6.07, 6.45) is 0. The molecule has 0 bridgehead atoms. The van der Waals surface area contributed by atoms with Gasteiger partial charge in [-0.2, -0.15) is 0 Å². The highest BCUT2D eigenvalue weighted by atomic mass is 15.1. The van der Waals surface area contributed by atoms with E-state index in [1.165, 1.54) is 44.5 Å². The van der Waals surface area contributed by atoms with Crippen molar-refractivity contribution in [3.05, 3.63) is 217 Å².